The van der Waals surface area contributed by atoms with E-state index in [0.717, 1.165) is 11.4 Å². The lowest BCUT2D eigenvalue weighted by molar-refractivity contribution is -0.115. The first kappa shape index (κ1) is 19.8. The third-order valence-electron chi connectivity index (χ3n) is 4.34. The third kappa shape index (κ3) is 4.86. The highest BCUT2D eigenvalue weighted by Gasteiger charge is 2.19. The minimum absolute atomic E-state index is 0.00427. The van der Waals surface area contributed by atoms with Crippen molar-refractivity contribution in [2.75, 3.05) is 5.32 Å². The van der Waals surface area contributed by atoms with Crippen LogP contribution in [0.3, 0.4) is 0 Å². The van der Waals surface area contributed by atoms with E-state index in [2.05, 4.69) is 27.6 Å². The van der Waals surface area contributed by atoms with Crippen LogP contribution in [0.25, 0.3) is 0 Å². The molecular formula is C21H22N4O2S. The van der Waals surface area contributed by atoms with E-state index in [-0.39, 0.29) is 16.9 Å². The smallest absolute Gasteiger partial charge is 0.237 e. The molecule has 0 fully saturated rings. The van der Waals surface area contributed by atoms with Crippen molar-refractivity contribution in [3.63, 3.8) is 0 Å². The van der Waals surface area contributed by atoms with E-state index in [4.69, 9.17) is 0 Å². The van der Waals surface area contributed by atoms with Crippen LogP contribution in [0, 0.1) is 0 Å². The van der Waals surface area contributed by atoms with Gasteiger partial charge in [0.15, 0.2) is 10.9 Å². The Bertz CT molecular complexity index is 968. The van der Waals surface area contributed by atoms with E-state index in [1.54, 1.807) is 24.3 Å². The molecule has 1 amide bonds. The van der Waals surface area contributed by atoms with Gasteiger partial charge in [0.2, 0.25) is 5.91 Å². The van der Waals surface area contributed by atoms with E-state index in [0.29, 0.717) is 22.8 Å². The number of rotatable bonds is 7. The summed E-state index contributed by atoms with van der Waals surface area (Å²) in [5.74, 6) is 0.713. The van der Waals surface area contributed by atoms with Gasteiger partial charge in [0, 0.05) is 24.7 Å². The van der Waals surface area contributed by atoms with Crippen LogP contribution in [0.1, 0.15) is 35.6 Å². The van der Waals surface area contributed by atoms with Crippen molar-refractivity contribution in [2.24, 2.45) is 7.05 Å². The van der Waals surface area contributed by atoms with Crippen LogP contribution in [0.5, 0.6) is 0 Å². The van der Waals surface area contributed by atoms with E-state index < -0.39 is 0 Å². The zero-order valence-corrected chi connectivity index (χ0v) is 16.9. The summed E-state index contributed by atoms with van der Waals surface area (Å²) < 4.78 is 1.92. The highest BCUT2D eigenvalue weighted by Crippen LogP contribution is 2.23. The summed E-state index contributed by atoms with van der Waals surface area (Å²) in [4.78, 5) is 23.8. The fraction of sp³-hybridized carbons (Fsp3) is 0.238. The summed E-state index contributed by atoms with van der Waals surface area (Å²) in [6, 6.07) is 16.9. The largest absolute Gasteiger partial charge is 0.325 e. The number of thioether (sulfide) groups is 1. The van der Waals surface area contributed by atoms with Gasteiger partial charge in [-0.1, -0.05) is 42.1 Å². The van der Waals surface area contributed by atoms with Crippen LogP contribution >= 0.6 is 11.8 Å². The molecule has 28 heavy (non-hydrogen) atoms. The second kappa shape index (κ2) is 8.84. The van der Waals surface area contributed by atoms with Crippen LogP contribution in [0.4, 0.5) is 5.69 Å². The summed E-state index contributed by atoms with van der Waals surface area (Å²) in [5, 5.41) is 11.7. The van der Waals surface area contributed by atoms with Crippen molar-refractivity contribution in [2.45, 2.75) is 30.7 Å². The number of nitrogens with zero attached hydrogens (tertiary/aromatic N) is 3. The van der Waals surface area contributed by atoms with Gasteiger partial charge >= 0.3 is 0 Å². The number of carbonyl (C=O) groups is 2. The van der Waals surface area contributed by atoms with Crippen molar-refractivity contribution in [3.8, 4) is 0 Å². The van der Waals surface area contributed by atoms with Crippen molar-refractivity contribution in [1.29, 1.82) is 0 Å². The highest BCUT2D eigenvalue weighted by atomic mass is 32.2. The molecule has 0 aliphatic carbocycles. The summed E-state index contributed by atoms with van der Waals surface area (Å²) >= 11 is 1.36. The normalized spacial score (nSPS) is 11.8. The van der Waals surface area contributed by atoms with Crippen molar-refractivity contribution in [1.82, 2.24) is 14.8 Å². The van der Waals surface area contributed by atoms with Crippen molar-refractivity contribution in [3.05, 3.63) is 71.5 Å². The molecule has 1 N–H and O–H groups in total. The zero-order valence-electron chi connectivity index (χ0n) is 16.0. The molecule has 1 heterocycles. The lowest BCUT2D eigenvalue weighted by Gasteiger charge is -2.12. The minimum atomic E-state index is -0.347. The van der Waals surface area contributed by atoms with E-state index in [1.807, 2.05) is 36.7 Å². The van der Waals surface area contributed by atoms with Crippen LogP contribution < -0.4 is 5.32 Å². The van der Waals surface area contributed by atoms with Gasteiger partial charge in [-0.15, -0.1) is 10.2 Å². The van der Waals surface area contributed by atoms with Crippen molar-refractivity contribution >= 4 is 29.1 Å². The van der Waals surface area contributed by atoms with E-state index in [9.17, 15) is 9.59 Å². The standard InChI is InChI=1S/C21H22N4O2S/c1-14(26)17-9-11-18(12-10-17)22-20(27)15(2)28-21-24-23-19(25(21)3)13-16-7-5-4-6-8-16/h4-12,15H,13H2,1-3H3,(H,22,27)/t15-/m1/s1. The molecule has 1 atom stereocenters. The molecule has 144 valence electrons. The Kier molecular flexibility index (Phi) is 6.26. The first-order chi connectivity index (χ1) is 13.4. The molecule has 2 aromatic carbocycles. The number of ketones is 1. The highest BCUT2D eigenvalue weighted by molar-refractivity contribution is 8.00. The van der Waals surface area contributed by atoms with Gasteiger partial charge in [-0.2, -0.15) is 0 Å². The molecule has 0 radical (unpaired) electrons. The van der Waals surface area contributed by atoms with Gasteiger partial charge < -0.3 is 9.88 Å². The van der Waals surface area contributed by atoms with Gasteiger partial charge in [-0.05, 0) is 43.7 Å². The number of benzene rings is 2. The van der Waals surface area contributed by atoms with Gasteiger partial charge in [-0.3, -0.25) is 9.59 Å². The number of anilines is 1. The third-order valence-corrected chi connectivity index (χ3v) is 5.47. The van der Waals surface area contributed by atoms with Gasteiger partial charge in [0.1, 0.15) is 5.82 Å². The maximum atomic E-state index is 12.5. The molecule has 0 aliphatic heterocycles. The number of hydrogen-bond donors (Lipinski definition) is 1. The fourth-order valence-corrected chi connectivity index (χ4v) is 3.46. The summed E-state index contributed by atoms with van der Waals surface area (Å²) in [6.45, 7) is 3.34. The molecule has 0 saturated carbocycles. The average molecular weight is 395 g/mol. The number of aromatic nitrogens is 3. The Morgan fingerprint density at radius 2 is 1.75 bits per heavy atom. The molecule has 0 unspecified atom stereocenters. The number of Topliss-reactive ketones (excluding diaryl/α,β-unsaturated/α-hetero) is 1. The summed E-state index contributed by atoms with van der Waals surface area (Å²) in [5.41, 5.74) is 2.44. The number of amides is 1. The zero-order chi connectivity index (χ0) is 20.1. The Labute approximate surface area is 168 Å². The molecule has 0 saturated heterocycles. The Balaban J connectivity index is 1.61. The Morgan fingerprint density at radius 1 is 1.07 bits per heavy atom. The summed E-state index contributed by atoms with van der Waals surface area (Å²) in [6.07, 6.45) is 0.688. The number of carbonyl (C=O) groups excluding carboxylic acids is 2. The van der Waals surface area contributed by atoms with E-state index in [1.165, 1.54) is 18.7 Å². The Morgan fingerprint density at radius 3 is 2.39 bits per heavy atom. The van der Waals surface area contributed by atoms with Gasteiger partial charge in [0.25, 0.3) is 0 Å². The predicted octanol–water partition coefficient (Wildman–Crippen LogP) is 3.73. The molecule has 6 nitrogen and oxygen atoms in total. The number of nitrogens with one attached hydrogen (secondary N) is 1. The minimum Gasteiger partial charge on any atom is -0.325 e. The second-order valence-electron chi connectivity index (χ2n) is 6.50. The quantitative estimate of drug-likeness (QED) is 0.488. The predicted molar refractivity (Wildman–Crippen MR) is 111 cm³/mol. The van der Waals surface area contributed by atoms with Crippen LogP contribution in [0.15, 0.2) is 59.8 Å². The molecule has 7 heteroatoms. The molecule has 0 spiro atoms. The fourth-order valence-electron chi connectivity index (χ4n) is 2.62. The molecule has 0 bridgehead atoms. The topological polar surface area (TPSA) is 76.9 Å². The first-order valence-electron chi connectivity index (χ1n) is 8.94. The van der Waals surface area contributed by atoms with Crippen molar-refractivity contribution < 1.29 is 9.59 Å². The van der Waals surface area contributed by atoms with Crippen LogP contribution in [0.2, 0.25) is 0 Å². The van der Waals surface area contributed by atoms with Crippen LogP contribution in [-0.4, -0.2) is 31.7 Å². The molecule has 1 aromatic heterocycles. The lowest BCUT2D eigenvalue weighted by atomic mass is 10.1. The Hall–Kier alpha value is -2.93. The molecule has 3 aromatic rings. The summed E-state index contributed by atoms with van der Waals surface area (Å²) in [7, 11) is 1.91. The molecular weight excluding hydrogens is 372 g/mol. The van der Waals surface area contributed by atoms with E-state index >= 15 is 0 Å². The van der Waals surface area contributed by atoms with Crippen LogP contribution in [-0.2, 0) is 18.3 Å². The second-order valence-corrected chi connectivity index (χ2v) is 7.81. The maximum Gasteiger partial charge on any atom is 0.237 e. The van der Waals surface area contributed by atoms with Gasteiger partial charge in [0.05, 0.1) is 5.25 Å². The molecule has 0 aliphatic rings. The molecule has 3 rings (SSSR count). The number of hydrogen-bond acceptors (Lipinski definition) is 5. The van der Waals surface area contributed by atoms with Gasteiger partial charge in [-0.25, -0.2) is 0 Å². The maximum absolute atomic E-state index is 12.5. The SMILES string of the molecule is CC(=O)c1ccc(NC(=O)[C@@H](C)Sc2nnc(Cc3ccccc3)n2C)cc1. The first-order valence-corrected chi connectivity index (χ1v) is 9.82. The lowest BCUT2D eigenvalue weighted by Crippen LogP contribution is -2.22. The average Bonchev–Trinajstić information content (AvgIpc) is 3.02. The monoisotopic (exact) mass is 394 g/mol.